The Morgan fingerprint density at radius 1 is 1.86 bits per heavy atom. The van der Waals surface area contributed by atoms with E-state index >= 15 is 0 Å². The van der Waals surface area contributed by atoms with Gasteiger partial charge >= 0.3 is 0 Å². The van der Waals surface area contributed by atoms with Crippen LogP contribution in [0.5, 0.6) is 0 Å². The molecule has 0 aliphatic rings. The van der Waals surface area contributed by atoms with E-state index in [0.29, 0.717) is 0 Å². The largest absolute Gasteiger partial charge is 0.142 e. The molecule has 0 saturated heterocycles. The molecule has 0 aromatic carbocycles. The van der Waals surface area contributed by atoms with Gasteiger partial charge in [0.2, 0.25) is 0 Å². The minimum Gasteiger partial charge on any atom is -0.142 e. The Morgan fingerprint density at radius 2 is 2.71 bits per heavy atom. The van der Waals surface area contributed by atoms with Gasteiger partial charge in [-0.15, -0.1) is 11.3 Å². The van der Waals surface area contributed by atoms with Crippen molar-refractivity contribution in [3.05, 3.63) is 29.0 Å². The predicted octanol–water partition coefficient (Wildman–Crippen LogP) is 2.19. The highest BCUT2D eigenvalue weighted by Crippen LogP contribution is 2.04. The smallest absolute Gasteiger partial charge is 0.0520 e. The van der Waals surface area contributed by atoms with E-state index in [1.54, 1.807) is 17.4 Å². The fourth-order valence-electron chi connectivity index (χ4n) is 0.353. The minimum atomic E-state index is 1.09. The first-order valence-corrected chi connectivity index (χ1v) is 2.89. The molecule has 0 aliphatic carbocycles. The first-order valence-electron chi connectivity index (χ1n) is 2.01. The van der Waals surface area contributed by atoms with Crippen LogP contribution in [-0.4, -0.2) is 0 Å². The van der Waals surface area contributed by atoms with Gasteiger partial charge in [-0.25, -0.2) is 0 Å². The van der Waals surface area contributed by atoms with E-state index in [1.807, 2.05) is 11.4 Å². The summed E-state index contributed by atoms with van der Waals surface area (Å²) in [7, 11) is 0. The average molecular weight is 109 g/mol. The zero-order chi connectivity index (χ0) is 5.11. The van der Waals surface area contributed by atoms with Gasteiger partial charge in [0.05, 0.1) is 5.38 Å². The molecule has 1 heterocycles. The van der Waals surface area contributed by atoms with Gasteiger partial charge in [0.25, 0.3) is 0 Å². The van der Waals surface area contributed by atoms with Gasteiger partial charge < -0.3 is 0 Å². The molecule has 0 fully saturated rings. The highest BCUT2D eigenvalue weighted by atomic mass is 32.1. The zero-order valence-electron chi connectivity index (χ0n) is 3.85. The molecule has 0 atom stereocenters. The van der Waals surface area contributed by atoms with E-state index in [1.165, 1.54) is 0 Å². The van der Waals surface area contributed by atoms with Gasteiger partial charge in [-0.1, -0.05) is 12.7 Å². The van der Waals surface area contributed by atoms with E-state index in [-0.39, 0.29) is 0 Å². The molecule has 0 nitrogen and oxygen atoms in total. The van der Waals surface area contributed by atoms with Crippen LogP contribution in [0.15, 0.2) is 18.0 Å². The third-order valence-corrected chi connectivity index (χ3v) is 1.34. The summed E-state index contributed by atoms with van der Waals surface area (Å²) in [5.74, 6) is 0. The Balaban J connectivity index is 2.96. The summed E-state index contributed by atoms with van der Waals surface area (Å²) < 4.78 is 0. The normalized spacial score (nSPS) is 8.57. The summed E-state index contributed by atoms with van der Waals surface area (Å²) in [6.07, 6.45) is 1.79. The zero-order valence-corrected chi connectivity index (χ0v) is 4.66. The summed E-state index contributed by atoms with van der Waals surface area (Å²) in [6, 6.07) is 1.98. The van der Waals surface area contributed by atoms with E-state index < -0.39 is 0 Å². The Labute approximate surface area is 47.1 Å². The second kappa shape index (κ2) is 1.94. The van der Waals surface area contributed by atoms with Crippen LogP contribution in [0, 0.1) is 5.38 Å². The predicted molar refractivity (Wildman–Crippen MR) is 33.2 cm³/mol. The van der Waals surface area contributed by atoms with Gasteiger partial charge in [0.15, 0.2) is 0 Å². The van der Waals surface area contributed by atoms with Crippen LogP contribution >= 0.6 is 11.3 Å². The molecule has 0 unspecified atom stereocenters. The lowest BCUT2D eigenvalue weighted by atomic mass is 10.3. The first kappa shape index (κ1) is 4.60. The summed E-state index contributed by atoms with van der Waals surface area (Å²) in [6.45, 7) is 3.58. The monoisotopic (exact) mass is 109 g/mol. The van der Waals surface area contributed by atoms with E-state index in [9.17, 15) is 0 Å². The lowest BCUT2D eigenvalue weighted by Crippen LogP contribution is -1.51. The number of rotatable bonds is 1. The minimum absolute atomic E-state index is 1.09. The van der Waals surface area contributed by atoms with Crippen molar-refractivity contribution < 1.29 is 0 Å². The average Bonchev–Trinajstić information content (AvgIpc) is 2.14. The van der Waals surface area contributed by atoms with Crippen molar-refractivity contribution in [3.8, 4) is 0 Å². The van der Waals surface area contributed by atoms with Gasteiger partial charge in [-0.05, 0) is 17.0 Å². The molecule has 0 aliphatic heterocycles. The van der Waals surface area contributed by atoms with Crippen molar-refractivity contribution in [2.75, 3.05) is 0 Å². The van der Waals surface area contributed by atoms with Crippen molar-refractivity contribution in [2.45, 2.75) is 0 Å². The fourth-order valence-corrected chi connectivity index (χ4v) is 0.923. The van der Waals surface area contributed by atoms with E-state index in [2.05, 4.69) is 12.0 Å². The van der Waals surface area contributed by atoms with Crippen LogP contribution in [0.2, 0.25) is 0 Å². The Morgan fingerprint density at radius 3 is 3.00 bits per heavy atom. The number of thiophene rings is 1. The van der Waals surface area contributed by atoms with Crippen LogP contribution in [0.4, 0.5) is 0 Å². The quantitative estimate of drug-likeness (QED) is 0.518. The molecule has 35 valence electrons. The standard InChI is InChI=1S/C6H5S/c1-2-6-3-4-7-5-6/h2-4H,1H2. The van der Waals surface area contributed by atoms with Crippen molar-refractivity contribution in [2.24, 2.45) is 0 Å². The van der Waals surface area contributed by atoms with Crippen molar-refractivity contribution >= 4 is 17.4 Å². The molecular formula is C6H5S. The van der Waals surface area contributed by atoms with Crippen molar-refractivity contribution in [3.63, 3.8) is 0 Å². The molecule has 0 bridgehead atoms. The third kappa shape index (κ3) is 0.904. The summed E-state index contributed by atoms with van der Waals surface area (Å²) >= 11 is 1.57. The van der Waals surface area contributed by atoms with Crippen LogP contribution in [0.3, 0.4) is 0 Å². The Bertz CT molecular complexity index is 139. The van der Waals surface area contributed by atoms with Gasteiger partial charge in [0, 0.05) is 0 Å². The molecule has 1 aromatic rings. The lowest BCUT2D eigenvalue weighted by Gasteiger charge is -1.70. The maximum absolute atomic E-state index is 3.58. The van der Waals surface area contributed by atoms with E-state index in [0.717, 1.165) is 5.56 Å². The van der Waals surface area contributed by atoms with Gasteiger partial charge in [-0.2, -0.15) is 0 Å². The molecule has 0 N–H and O–H groups in total. The molecule has 1 rings (SSSR count). The van der Waals surface area contributed by atoms with Crippen molar-refractivity contribution in [1.82, 2.24) is 0 Å². The third-order valence-electron chi connectivity index (χ3n) is 0.712. The van der Waals surface area contributed by atoms with Crippen LogP contribution in [-0.2, 0) is 0 Å². The van der Waals surface area contributed by atoms with Gasteiger partial charge in [0.1, 0.15) is 0 Å². The molecular weight excluding hydrogens is 104 g/mol. The Hall–Kier alpha value is -0.560. The highest BCUT2D eigenvalue weighted by Gasteiger charge is 1.79. The first-order chi connectivity index (χ1) is 3.43. The topological polar surface area (TPSA) is 0 Å². The van der Waals surface area contributed by atoms with Gasteiger partial charge in [-0.3, -0.25) is 0 Å². The summed E-state index contributed by atoms with van der Waals surface area (Å²) in [4.78, 5) is 0. The summed E-state index contributed by atoms with van der Waals surface area (Å²) in [5.41, 5.74) is 1.09. The molecule has 1 aromatic heterocycles. The molecule has 1 heteroatoms. The fraction of sp³-hybridized carbons (Fsp3) is 0. The number of hydrogen-bond donors (Lipinski definition) is 0. The van der Waals surface area contributed by atoms with Crippen LogP contribution < -0.4 is 0 Å². The summed E-state index contributed by atoms with van der Waals surface area (Å²) in [5, 5.41) is 4.99. The van der Waals surface area contributed by atoms with E-state index in [4.69, 9.17) is 0 Å². The maximum atomic E-state index is 3.58. The lowest BCUT2D eigenvalue weighted by molar-refractivity contribution is 1.88. The van der Waals surface area contributed by atoms with Crippen molar-refractivity contribution in [1.29, 1.82) is 0 Å². The van der Waals surface area contributed by atoms with Crippen LogP contribution in [0.1, 0.15) is 5.56 Å². The molecule has 0 amide bonds. The Kier molecular flexibility index (Phi) is 1.27. The van der Waals surface area contributed by atoms with Crippen LogP contribution in [0.25, 0.3) is 6.08 Å². The second-order valence-corrected chi connectivity index (χ2v) is 1.89. The molecule has 1 radical (unpaired) electrons. The molecule has 0 saturated carbocycles. The molecule has 7 heavy (non-hydrogen) atoms. The molecule has 0 spiro atoms. The number of hydrogen-bond acceptors (Lipinski definition) is 1. The highest BCUT2D eigenvalue weighted by molar-refractivity contribution is 7.07. The SMILES string of the molecule is C=Cc1[c]scc1. The maximum Gasteiger partial charge on any atom is 0.0520 e. The second-order valence-electron chi connectivity index (χ2n) is 1.18.